The molecule has 0 aliphatic carbocycles. The summed E-state index contributed by atoms with van der Waals surface area (Å²) in [5.41, 5.74) is 1.26. The van der Waals surface area contributed by atoms with E-state index in [-0.39, 0.29) is 18.2 Å². The molecule has 0 bridgehead atoms. The van der Waals surface area contributed by atoms with Gasteiger partial charge in [0.15, 0.2) is 0 Å². The van der Waals surface area contributed by atoms with Gasteiger partial charge >= 0.3 is 6.09 Å². The number of carbonyl (C=O) groups is 1. The van der Waals surface area contributed by atoms with E-state index >= 15 is 0 Å². The monoisotopic (exact) mass is 552 g/mol. The van der Waals surface area contributed by atoms with E-state index in [0.717, 1.165) is 36.9 Å². The molecule has 1 aliphatic heterocycles. The molecule has 2 aromatic rings. The summed E-state index contributed by atoms with van der Waals surface area (Å²) in [6.45, 7) is 5.93. The Bertz CT molecular complexity index is 902. The number of benzene rings is 2. The molecule has 0 spiro atoms. The van der Waals surface area contributed by atoms with Crippen molar-refractivity contribution in [2.45, 2.75) is 44.9 Å². The SMILES string of the molecule is CCCCOC(=O)N1CCN(Cc2ccccc2)CC1C[C@@H](COC)Oc1ccc(Cl)cc1Br. The molecule has 1 fully saturated rings. The molecule has 2 aromatic carbocycles. The Kier molecular flexibility index (Phi) is 11.0. The van der Waals surface area contributed by atoms with Gasteiger partial charge in [0.1, 0.15) is 11.9 Å². The van der Waals surface area contributed by atoms with E-state index in [1.54, 1.807) is 19.2 Å². The summed E-state index contributed by atoms with van der Waals surface area (Å²) in [6.07, 6.45) is 1.99. The largest absolute Gasteiger partial charge is 0.487 e. The highest BCUT2D eigenvalue weighted by Crippen LogP contribution is 2.30. The maximum absolute atomic E-state index is 12.9. The fourth-order valence-electron chi connectivity index (χ4n) is 4.12. The van der Waals surface area contributed by atoms with Crippen molar-refractivity contribution in [2.75, 3.05) is 40.0 Å². The van der Waals surface area contributed by atoms with E-state index in [9.17, 15) is 4.79 Å². The number of methoxy groups -OCH3 is 1. The van der Waals surface area contributed by atoms with Crippen LogP contribution in [0.15, 0.2) is 53.0 Å². The standard InChI is InChI=1S/C26H34BrClN2O4/c1-3-4-14-33-26(31)30-13-12-29(17-20-8-6-5-7-9-20)18-22(30)16-23(19-32-2)34-25-11-10-21(28)15-24(25)27/h5-11,15,22-23H,3-4,12-14,16-19H2,1-2H3/t22?,23-/m0/s1. The van der Waals surface area contributed by atoms with Crippen LogP contribution in [0.4, 0.5) is 4.79 Å². The van der Waals surface area contributed by atoms with Crippen LogP contribution in [0.5, 0.6) is 5.75 Å². The Morgan fingerprint density at radius 3 is 2.71 bits per heavy atom. The van der Waals surface area contributed by atoms with Crippen molar-refractivity contribution in [2.24, 2.45) is 0 Å². The lowest BCUT2D eigenvalue weighted by atomic mass is 10.0. The first-order chi connectivity index (χ1) is 16.5. The number of hydrogen-bond acceptors (Lipinski definition) is 5. The molecule has 0 aromatic heterocycles. The maximum Gasteiger partial charge on any atom is 0.410 e. The van der Waals surface area contributed by atoms with Crippen LogP contribution in [0.3, 0.4) is 0 Å². The number of carbonyl (C=O) groups excluding carboxylic acids is 1. The maximum atomic E-state index is 12.9. The lowest BCUT2D eigenvalue weighted by Crippen LogP contribution is -2.56. The summed E-state index contributed by atoms with van der Waals surface area (Å²) in [5, 5.41) is 0.632. The average molecular weight is 554 g/mol. The van der Waals surface area contributed by atoms with Crippen LogP contribution in [0.2, 0.25) is 5.02 Å². The Hall–Kier alpha value is -1.80. The molecular formula is C26H34BrClN2O4. The van der Waals surface area contributed by atoms with Crippen LogP contribution in [0.1, 0.15) is 31.7 Å². The van der Waals surface area contributed by atoms with Crippen molar-refractivity contribution in [3.63, 3.8) is 0 Å². The number of rotatable bonds is 11. The number of halogens is 2. The van der Waals surface area contributed by atoms with Crippen molar-refractivity contribution in [1.82, 2.24) is 9.80 Å². The highest BCUT2D eigenvalue weighted by Gasteiger charge is 2.34. The Morgan fingerprint density at radius 2 is 2.00 bits per heavy atom. The minimum Gasteiger partial charge on any atom is -0.487 e. The van der Waals surface area contributed by atoms with Gasteiger partial charge in [-0.1, -0.05) is 55.3 Å². The van der Waals surface area contributed by atoms with Crippen LogP contribution in [-0.2, 0) is 16.0 Å². The van der Waals surface area contributed by atoms with E-state index in [4.69, 9.17) is 25.8 Å². The van der Waals surface area contributed by atoms with E-state index in [2.05, 4.69) is 52.0 Å². The zero-order valence-electron chi connectivity index (χ0n) is 19.9. The summed E-state index contributed by atoms with van der Waals surface area (Å²) in [7, 11) is 1.66. The van der Waals surface area contributed by atoms with Gasteiger partial charge in [0.25, 0.3) is 0 Å². The molecule has 1 heterocycles. The Labute approximate surface area is 216 Å². The van der Waals surface area contributed by atoms with Gasteiger partial charge in [-0.25, -0.2) is 4.79 Å². The van der Waals surface area contributed by atoms with Crippen molar-refractivity contribution in [1.29, 1.82) is 0 Å². The second-order valence-electron chi connectivity index (χ2n) is 8.54. The average Bonchev–Trinajstić information content (AvgIpc) is 2.82. The molecule has 34 heavy (non-hydrogen) atoms. The second kappa shape index (κ2) is 13.9. The van der Waals surface area contributed by atoms with Crippen LogP contribution in [0, 0.1) is 0 Å². The van der Waals surface area contributed by atoms with Gasteiger partial charge in [0.2, 0.25) is 0 Å². The predicted molar refractivity (Wildman–Crippen MR) is 139 cm³/mol. The van der Waals surface area contributed by atoms with Crippen molar-refractivity contribution >= 4 is 33.6 Å². The molecule has 0 saturated carbocycles. The lowest BCUT2D eigenvalue weighted by Gasteiger charge is -2.42. The number of amides is 1. The molecule has 1 saturated heterocycles. The third-order valence-corrected chi connectivity index (χ3v) is 6.70. The third kappa shape index (κ3) is 8.15. The van der Waals surface area contributed by atoms with Gasteiger partial charge < -0.3 is 19.1 Å². The summed E-state index contributed by atoms with van der Waals surface area (Å²) in [6, 6.07) is 15.8. The smallest absolute Gasteiger partial charge is 0.410 e. The number of unbranched alkanes of at least 4 members (excludes halogenated alkanes) is 1. The minimum absolute atomic E-state index is 0.0576. The van der Waals surface area contributed by atoms with Crippen molar-refractivity contribution in [3.05, 3.63) is 63.6 Å². The van der Waals surface area contributed by atoms with E-state index in [1.807, 2.05) is 17.0 Å². The molecule has 6 nitrogen and oxygen atoms in total. The van der Waals surface area contributed by atoms with Crippen LogP contribution in [-0.4, -0.2) is 68.0 Å². The Balaban J connectivity index is 1.73. The zero-order valence-corrected chi connectivity index (χ0v) is 22.3. The van der Waals surface area contributed by atoms with Gasteiger partial charge in [-0.05, 0) is 46.1 Å². The number of ether oxygens (including phenoxy) is 3. The quantitative estimate of drug-likeness (QED) is 0.319. The molecule has 186 valence electrons. The van der Waals surface area contributed by atoms with E-state index < -0.39 is 0 Å². The molecule has 0 radical (unpaired) electrons. The molecule has 8 heteroatoms. The molecule has 0 N–H and O–H groups in total. The molecule has 3 rings (SSSR count). The van der Waals surface area contributed by atoms with Crippen LogP contribution in [0.25, 0.3) is 0 Å². The van der Waals surface area contributed by atoms with Gasteiger partial charge in [0, 0.05) is 44.7 Å². The number of hydrogen-bond donors (Lipinski definition) is 0. The number of piperazine rings is 1. The molecule has 1 aliphatic rings. The van der Waals surface area contributed by atoms with Crippen LogP contribution >= 0.6 is 27.5 Å². The molecule has 2 atom stereocenters. The molecule has 1 unspecified atom stereocenters. The van der Waals surface area contributed by atoms with E-state index in [0.29, 0.717) is 37.0 Å². The summed E-state index contributed by atoms with van der Waals surface area (Å²) < 4.78 is 18.1. The fourth-order valence-corrected chi connectivity index (χ4v) is 4.90. The second-order valence-corrected chi connectivity index (χ2v) is 9.83. The van der Waals surface area contributed by atoms with Crippen molar-refractivity contribution < 1.29 is 19.0 Å². The number of nitrogens with zero attached hydrogens (tertiary/aromatic N) is 2. The van der Waals surface area contributed by atoms with Gasteiger partial charge in [0.05, 0.1) is 23.7 Å². The van der Waals surface area contributed by atoms with Gasteiger partial charge in [-0.2, -0.15) is 0 Å². The highest BCUT2D eigenvalue weighted by atomic mass is 79.9. The normalized spacial score (nSPS) is 17.4. The zero-order chi connectivity index (χ0) is 24.3. The fraction of sp³-hybridized carbons (Fsp3) is 0.500. The van der Waals surface area contributed by atoms with Gasteiger partial charge in [-0.15, -0.1) is 0 Å². The summed E-state index contributed by atoms with van der Waals surface area (Å²) >= 11 is 9.61. The first-order valence-electron chi connectivity index (χ1n) is 11.8. The predicted octanol–water partition coefficient (Wildman–Crippen LogP) is 6.01. The highest BCUT2D eigenvalue weighted by molar-refractivity contribution is 9.10. The van der Waals surface area contributed by atoms with E-state index in [1.165, 1.54) is 5.56 Å². The summed E-state index contributed by atoms with van der Waals surface area (Å²) in [4.78, 5) is 17.2. The Morgan fingerprint density at radius 1 is 1.21 bits per heavy atom. The van der Waals surface area contributed by atoms with Crippen LogP contribution < -0.4 is 4.74 Å². The van der Waals surface area contributed by atoms with Gasteiger partial charge in [-0.3, -0.25) is 4.90 Å². The summed E-state index contributed by atoms with van der Waals surface area (Å²) in [5.74, 6) is 0.695. The lowest BCUT2D eigenvalue weighted by molar-refractivity contribution is 0.0115. The topological polar surface area (TPSA) is 51.2 Å². The van der Waals surface area contributed by atoms with Crippen molar-refractivity contribution in [3.8, 4) is 5.75 Å². The molecule has 1 amide bonds. The molecular weight excluding hydrogens is 520 g/mol. The first-order valence-corrected chi connectivity index (χ1v) is 13.0. The first kappa shape index (κ1) is 26.8. The third-order valence-electron chi connectivity index (χ3n) is 5.85. The minimum atomic E-state index is -0.248.